The Hall–Kier alpha value is -2.67. The Morgan fingerprint density at radius 1 is 1.29 bits per heavy atom. The molecule has 0 saturated carbocycles. The summed E-state index contributed by atoms with van der Waals surface area (Å²) in [7, 11) is 1.58. The van der Waals surface area contributed by atoms with Gasteiger partial charge in [0.1, 0.15) is 10.6 Å². The van der Waals surface area contributed by atoms with E-state index in [-0.39, 0.29) is 5.56 Å². The molecule has 0 saturated heterocycles. The SMILES string of the molecule is COc1ccsc1-c1nc(-c2ccc(C(=O)O)cc2)no1. The van der Waals surface area contributed by atoms with Crippen molar-refractivity contribution in [1.29, 1.82) is 0 Å². The van der Waals surface area contributed by atoms with Crippen LogP contribution in [0.4, 0.5) is 0 Å². The third-order valence-corrected chi connectivity index (χ3v) is 3.74. The Kier molecular flexibility index (Phi) is 3.41. The van der Waals surface area contributed by atoms with Gasteiger partial charge < -0.3 is 14.4 Å². The first kappa shape index (κ1) is 13.3. The fraction of sp³-hybridized carbons (Fsp3) is 0.0714. The van der Waals surface area contributed by atoms with Gasteiger partial charge in [0.05, 0.1) is 12.7 Å². The van der Waals surface area contributed by atoms with Gasteiger partial charge in [-0.25, -0.2) is 4.79 Å². The minimum atomic E-state index is -0.973. The molecule has 0 bridgehead atoms. The Bertz CT molecular complexity index is 776. The van der Waals surface area contributed by atoms with Gasteiger partial charge in [-0.15, -0.1) is 11.3 Å². The highest BCUT2D eigenvalue weighted by atomic mass is 32.1. The zero-order valence-electron chi connectivity index (χ0n) is 10.9. The maximum atomic E-state index is 10.8. The predicted molar refractivity (Wildman–Crippen MR) is 76.6 cm³/mol. The minimum absolute atomic E-state index is 0.211. The second-order valence-corrected chi connectivity index (χ2v) is 5.04. The van der Waals surface area contributed by atoms with Crippen LogP contribution >= 0.6 is 11.3 Å². The van der Waals surface area contributed by atoms with E-state index in [1.807, 2.05) is 11.4 Å². The molecule has 0 fully saturated rings. The lowest BCUT2D eigenvalue weighted by atomic mass is 10.1. The average Bonchev–Trinajstić information content (AvgIpc) is 3.15. The van der Waals surface area contributed by atoms with Crippen LogP contribution in [0.5, 0.6) is 5.75 Å². The molecule has 0 unspecified atom stereocenters. The molecule has 2 heterocycles. The maximum Gasteiger partial charge on any atom is 0.335 e. The van der Waals surface area contributed by atoms with Crippen LogP contribution in [0.3, 0.4) is 0 Å². The number of aromatic carboxylic acids is 1. The molecule has 2 aromatic heterocycles. The largest absolute Gasteiger partial charge is 0.495 e. The van der Waals surface area contributed by atoms with Gasteiger partial charge in [0.25, 0.3) is 5.89 Å². The van der Waals surface area contributed by atoms with E-state index in [0.29, 0.717) is 23.0 Å². The van der Waals surface area contributed by atoms with Gasteiger partial charge in [0, 0.05) is 5.56 Å². The van der Waals surface area contributed by atoms with Gasteiger partial charge in [0.2, 0.25) is 5.82 Å². The third kappa shape index (κ3) is 2.50. The molecular weight excluding hydrogens is 292 g/mol. The van der Waals surface area contributed by atoms with Crippen molar-refractivity contribution in [2.75, 3.05) is 7.11 Å². The van der Waals surface area contributed by atoms with E-state index in [9.17, 15) is 4.79 Å². The van der Waals surface area contributed by atoms with Crippen molar-refractivity contribution < 1.29 is 19.2 Å². The van der Waals surface area contributed by atoms with Gasteiger partial charge in [-0.2, -0.15) is 4.98 Å². The number of nitrogens with zero attached hydrogens (tertiary/aromatic N) is 2. The summed E-state index contributed by atoms with van der Waals surface area (Å²) in [6, 6.07) is 8.11. The lowest BCUT2D eigenvalue weighted by molar-refractivity contribution is 0.0697. The molecule has 0 atom stereocenters. The first-order chi connectivity index (χ1) is 10.2. The summed E-state index contributed by atoms with van der Waals surface area (Å²) >= 11 is 1.44. The fourth-order valence-corrected chi connectivity index (χ4v) is 2.59. The molecule has 6 nitrogen and oxygen atoms in total. The summed E-state index contributed by atoms with van der Waals surface area (Å²) < 4.78 is 10.5. The molecule has 3 rings (SSSR count). The van der Waals surface area contributed by atoms with Crippen LogP contribution in [-0.2, 0) is 0 Å². The van der Waals surface area contributed by atoms with Gasteiger partial charge in [-0.1, -0.05) is 17.3 Å². The fourth-order valence-electron chi connectivity index (χ4n) is 1.81. The highest BCUT2D eigenvalue weighted by molar-refractivity contribution is 7.13. The molecule has 0 aliphatic rings. The monoisotopic (exact) mass is 302 g/mol. The maximum absolute atomic E-state index is 10.8. The summed E-state index contributed by atoms with van der Waals surface area (Å²) in [5.74, 6) is 0.478. The van der Waals surface area contributed by atoms with Crippen LogP contribution in [0.15, 0.2) is 40.2 Å². The molecule has 7 heteroatoms. The summed E-state index contributed by atoms with van der Waals surface area (Å²) in [4.78, 5) is 15.9. The summed E-state index contributed by atoms with van der Waals surface area (Å²) in [6.45, 7) is 0. The van der Waals surface area contributed by atoms with Crippen molar-refractivity contribution in [2.45, 2.75) is 0 Å². The molecule has 0 amide bonds. The molecule has 0 aliphatic heterocycles. The standard InChI is InChI=1S/C14H10N2O4S/c1-19-10-6-7-21-11(10)13-15-12(16-20-13)8-2-4-9(5-3-8)14(17)18/h2-7H,1H3,(H,17,18). The Balaban J connectivity index is 1.93. The quantitative estimate of drug-likeness (QED) is 0.796. The smallest absolute Gasteiger partial charge is 0.335 e. The number of aromatic nitrogens is 2. The van der Waals surface area contributed by atoms with E-state index < -0.39 is 5.97 Å². The van der Waals surface area contributed by atoms with Crippen molar-refractivity contribution in [1.82, 2.24) is 10.1 Å². The number of thiophene rings is 1. The van der Waals surface area contributed by atoms with E-state index >= 15 is 0 Å². The second-order valence-electron chi connectivity index (χ2n) is 4.12. The van der Waals surface area contributed by atoms with Gasteiger partial charge >= 0.3 is 5.97 Å². The number of carboxylic acid groups (broad SMARTS) is 1. The zero-order valence-corrected chi connectivity index (χ0v) is 11.8. The molecule has 0 aliphatic carbocycles. The Morgan fingerprint density at radius 2 is 2.05 bits per heavy atom. The lowest BCUT2D eigenvalue weighted by Crippen LogP contribution is -1.95. The van der Waals surface area contributed by atoms with E-state index in [2.05, 4.69) is 10.1 Å². The predicted octanol–water partition coefficient (Wildman–Crippen LogP) is 3.17. The van der Waals surface area contributed by atoms with Crippen molar-refractivity contribution >= 4 is 17.3 Å². The number of hydrogen-bond acceptors (Lipinski definition) is 6. The number of hydrogen-bond donors (Lipinski definition) is 1. The van der Waals surface area contributed by atoms with Crippen molar-refractivity contribution in [2.24, 2.45) is 0 Å². The number of rotatable bonds is 4. The molecular formula is C14H10N2O4S. The van der Waals surface area contributed by atoms with E-state index in [1.165, 1.54) is 23.5 Å². The number of ether oxygens (including phenoxy) is 1. The van der Waals surface area contributed by atoms with Gasteiger partial charge in [-0.3, -0.25) is 0 Å². The summed E-state index contributed by atoms with van der Waals surface area (Å²) in [5, 5.41) is 14.7. The number of carbonyl (C=O) groups is 1. The normalized spacial score (nSPS) is 10.5. The van der Waals surface area contributed by atoms with Crippen LogP contribution in [0.2, 0.25) is 0 Å². The molecule has 106 valence electrons. The van der Waals surface area contributed by atoms with Crippen molar-refractivity contribution in [3.63, 3.8) is 0 Å². The topological polar surface area (TPSA) is 85.5 Å². The highest BCUT2D eigenvalue weighted by Gasteiger charge is 2.16. The summed E-state index contributed by atoms with van der Waals surface area (Å²) in [6.07, 6.45) is 0. The summed E-state index contributed by atoms with van der Waals surface area (Å²) in [5.41, 5.74) is 0.896. The number of carboxylic acids is 1. The van der Waals surface area contributed by atoms with Crippen LogP contribution < -0.4 is 4.74 Å². The number of methoxy groups -OCH3 is 1. The van der Waals surface area contributed by atoms with Crippen molar-refractivity contribution in [3.05, 3.63) is 41.3 Å². The molecule has 1 aromatic carbocycles. The molecule has 0 spiro atoms. The number of benzene rings is 1. The highest BCUT2D eigenvalue weighted by Crippen LogP contribution is 2.35. The third-order valence-electron chi connectivity index (χ3n) is 2.86. The zero-order chi connectivity index (χ0) is 14.8. The van der Waals surface area contributed by atoms with Crippen LogP contribution in [-0.4, -0.2) is 28.3 Å². The van der Waals surface area contributed by atoms with Gasteiger partial charge in [0.15, 0.2) is 0 Å². The van der Waals surface area contributed by atoms with Crippen LogP contribution in [0, 0.1) is 0 Å². The first-order valence-corrected chi connectivity index (χ1v) is 6.86. The average molecular weight is 302 g/mol. The Labute approximate surface area is 123 Å². The van der Waals surface area contributed by atoms with E-state index in [4.69, 9.17) is 14.4 Å². The molecule has 3 aromatic rings. The second kappa shape index (κ2) is 5.37. The van der Waals surface area contributed by atoms with Crippen LogP contribution in [0.25, 0.3) is 22.2 Å². The molecule has 1 N–H and O–H groups in total. The van der Waals surface area contributed by atoms with Crippen LogP contribution in [0.1, 0.15) is 10.4 Å². The minimum Gasteiger partial charge on any atom is -0.495 e. The van der Waals surface area contributed by atoms with E-state index in [1.54, 1.807) is 19.2 Å². The van der Waals surface area contributed by atoms with Gasteiger partial charge in [-0.05, 0) is 23.6 Å². The lowest BCUT2D eigenvalue weighted by Gasteiger charge is -1.96. The molecule has 0 radical (unpaired) electrons. The molecule has 21 heavy (non-hydrogen) atoms. The Morgan fingerprint density at radius 3 is 2.71 bits per heavy atom. The first-order valence-electron chi connectivity index (χ1n) is 5.98. The van der Waals surface area contributed by atoms with E-state index in [0.717, 1.165) is 4.88 Å². The van der Waals surface area contributed by atoms with Crippen molar-refractivity contribution in [3.8, 4) is 27.9 Å².